The lowest BCUT2D eigenvalue weighted by Crippen LogP contribution is -2.03. The molecule has 0 aliphatic carbocycles. The van der Waals surface area contributed by atoms with Gasteiger partial charge in [-0.25, -0.2) is 0 Å². The van der Waals surface area contributed by atoms with Gasteiger partial charge in [-0.3, -0.25) is 4.68 Å². The summed E-state index contributed by atoms with van der Waals surface area (Å²) in [5.41, 5.74) is 4.96. The molecule has 0 amide bonds. The summed E-state index contributed by atoms with van der Waals surface area (Å²) >= 11 is 0. The van der Waals surface area contributed by atoms with Crippen molar-refractivity contribution < 1.29 is 9.59 Å². The summed E-state index contributed by atoms with van der Waals surface area (Å²) in [6, 6.07) is 10.7. The van der Waals surface area contributed by atoms with Gasteiger partial charge in [0.2, 0.25) is 0 Å². The number of nitrogens with zero attached hydrogens (tertiary/aromatic N) is 2. The molecule has 1 heterocycles. The molecule has 2 rings (SSSR count). The van der Waals surface area contributed by atoms with Gasteiger partial charge in [-0.15, -0.1) is 0 Å². The molecule has 0 saturated carbocycles. The highest BCUT2D eigenvalue weighted by molar-refractivity contribution is 5.63. The highest BCUT2D eigenvalue weighted by Crippen LogP contribution is 2.23. The molecule has 0 N–H and O–H groups in total. The predicted molar refractivity (Wildman–Crippen MR) is 77.1 cm³/mol. The van der Waals surface area contributed by atoms with Crippen molar-refractivity contribution in [3.05, 3.63) is 41.6 Å². The van der Waals surface area contributed by atoms with Crippen LogP contribution in [0.15, 0.2) is 30.3 Å². The van der Waals surface area contributed by atoms with Crippen LogP contribution in [0, 0.1) is 6.92 Å². The Bertz CT molecular complexity index is 582. The van der Waals surface area contributed by atoms with Crippen LogP contribution in [0.25, 0.3) is 11.3 Å². The van der Waals surface area contributed by atoms with E-state index in [0.717, 1.165) is 25.1 Å². The van der Waals surface area contributed by atoms with Gasteiger partial charge < -0.3 is 0 Å². The highest BCUT2D eigenvalue weighted by Gasteiger charge is 2.09. The lowest BCUT2D eigenvalue weighted by Gasteiger charge is -2.03. The predicted octanol–water partition coefficient (Wildman–Crippen LogP) is 3.25. The number of rotatable bonds is 4. The number of aryl methyl sites for hydroxylation is 3. The van der Waals surface area contributed by atoms with E-state index in [1.54, 1.807) is 0 Å². The molecule has 20 heavy (non-hydrogen) atoms. The minimum atomic E-state index is 0.250. The van der Waals surface area contributed by atoms with Gasteiger partial charge in [-0.2, -0.15) is 14.7 Å². The maximum atomic E-state index is 8.12. The van der Waals surface area contributed by atoms with Crippen LogP contribution in [0.4, 0.5) is 0 Å². The Hall–Kier alpha value is -2.19. The quantitative estimate of drug-likeness (QED) is 0.858. The molecule has 0 saturated heterocycles. The minimum absolute atomic E-state index is 0.250. The molecule has 0 bridgehead atoms. The molecule has 0 unspecified atom stereocenters. The van der Waals surface area contributed by atoms with Crippen molar-refractivity contribution in [1.82, 2.24) is 9.78 Å². The Balaban J connectivity index is 0.000000612. The number of hydrogen-bond acceptors (Lipinski definition) is 3. The third kappa shape index (κ3) is 3.90. The Morgan fingerprint density at radius 3 is 2.40 bits per heavy atom. The number of hydrogen-bond donors (Lipinski definition) is 0. The molecule has 0 fully saturated rings. The van der Waals surface area contributed by atoms with E-state index in [4.69, 9.17) is 14.7 Å². The van der Waals surface area contributed by atoms with Crippen LogP contribution in [0.2, 0.25) is 0 Å². The molecule has 1 aromatic carbocycles. The van der Waals surface area contributed by atoms with Crippen LogP contribution in [0.3, 0.4) is 0 Å². The largest absolute Gasteiger partial charge is 0.373 e. The molecule has 2 aromatic rings. The van der Waals surface area contributed by atoms with Crippen LogP contribution in [-0.4, -0.2) is 15.9 Å². The second-order valence-electron chi connectivity index (χ2n) is 4.50. The average molecular weight is 272 g/mol. The summed E-state index contributed by atoms with van der Waals surface area (Å²) in [4.78, 5) is 16.2. The minimum Gasteiger partial charge on any atom is -0.269 e. The van der Waals surface area contributed by atoms with Crippen molar-refractivity contribution in [1.29, 1.82) is 0 Å². The molecule has 0 spiro atoms. The molecule has 0 aliphatic heterocycles. The van der Waals surface area contributed by atoms with Gasteiger partial charge in [-0.05, 0) is 31.4 Å². The summed E-state index contributed by atoms with van der Waals surface area (Å²) in [5.74, 6) is 0. The standard InChI is InChI=1S/C15H20N2.CO2/c1-4-10-17-13(5-2)11-15(16-17)14-9-7-6-8-12(14)3;2-1-3/h6-9,11H,4-5,10H2,1-3H3;. The Labute approximate surface area is 119 Å². The second kappa shape index (κ2) is 8.08. The van der Waals surface area contributed by atoms with E-state index in [-0.39, 0.29) is 6.15 Å². The second-order valence-corrected chi connectivity index (χ2v) is 4.50. The number of aromatic nitrogens is 2. The van der Waals surface area contributed by atoms with E-state index >= 15 is 0 Å². The fraction of sp³-hybridized carbons (Fsp3) is 0.375. The van der Waals surface area contributed by atoms with E-state index in [0.29, 0.717) is 0 Å². The zero-order valence-corrected chi connectivity index (χ0v) is 12.2. The van der Waals surface area contributed by atoms with E-state index in [9.17, 15) is 0 Å². The molecule has 0 aliphatic rings. The first-order chi connectivity index (χ1) is 9.67. The summed E-state index contributed by atoms with van der Waals surface area (Å²) in [5, 5.41) is 4.72. The van der Waals surface area contributed by atoms with Gasteiger partial charge in [0, 0.05) is 17.8 Å². The fourth-order valence-electron chi connectivity index (χ4n) is 2.14. The van der Waals surface area contributed by atoms with Gasteiger partial charge in [0.15, 0.2) is 0 Å². The first-order valence-corrected chi connectivity index (χ1v) is 6.79. The molecule has 106 valence electrons. The lowest BCUT2D eigenvalue weighted by atomic mass is 10.1. The molecule has 4 heteroatoms. The molecule has 0 atom stereocenters. The smallest absolute Gasteiger partial charge is 0.269 e. The Morgan fingerprint density at radius 2 is 1.85 bits per heavy atom. The maximum absolute atomic E-state index is 8.12. The summed E-state index contributed by atoms with van der Waals surface area (Å²) in [7, 11) is 0. The number of carbonyl (C=O) groups excluding carboxylic acids is 2. The third-order valence-corrected chi connectivity index (χ3v) is 3.08. The van der Waals surface area contributed by atoms with Gasteiger partial charge >= 0.3 is 6.15 Å². The van der Waals surface area contributed by atoms with Gasteiger partial charge in [0.1, 0.15) is 0 Å². The highest BCUT2D eigenvalue weighted by atomic mass is 16.2. The molecular weight excluding hydrogens is 252 g/mol. The van der Waals surface area contributed by atoms with Crippen LogP contribution >= 0.6 is 0 Å². The van der Waals surface area contributed by atoms with E-state index in [1.807, 2.05) is 0 Å². The average Bonchev–Trinajstić information content (AvgIpc) is 2.83. The SMILES string of the molecule is CCCn1nc(-c2ccccc2C)cc1CC.O=C=O. The first-order valence-electron chi connectivity index (χ1n) is 6.79. The number of benzene rings is 1. The van der Waals surface area contributed by atoms with Crippen LogP contribution < -0.4 is 0 Å². The lowest BCUT2D eigenvalue weighted by molar-refractivity contribution is -0.191. The van der Waals surface area contributed by atoms with Crippen LogP contribution in [0.5, 0.6) is 0 Å². The topological polar surface area (TPSA) is 52.0 Å². The first kappa shape index (κ1) is 15.9. The van der Waals surface area contributed by atoms with Crippen molar-refractivity contribution in [2.75, 3.05) is 0 Å². The van der Waals surface area contributed by atoms with Gasteiger partial charge in [-0.1, -0.05) is 38.1 Å². The van der Waals surface area contributed by atoms with Crippen molar-refractivity contribution in [2.24, 2.45) is 0 Å². The third-order valence-electron chi connectivity index (χ3n) is 3.08. The summed E-state index contributed by atoms with van der Waals surface area (Å²) < 4.78 is 2.14. The van der Waals surface area contributed by atoms with E-state index in [2.05, 4.69) is 55.8 Å². The monoisotopic (exact) mass is 272 g/mol. The van der Waals surface area contributed by atoms with Gasteiger partial charge in [0.05, 0.1) is 5.69 Å². The van der Waals surface area contributed by atoms with E-state index < -0.39 is 0 Å². The Kier molecular flexibility index (Phi) is 6.41. The van der Waals surface area contributed by atoms with Crippen molar-refractivity contribution in [3.8, 4) is 11.3 Å². The van der Waals surface area contributed by atoms with Crippen LogP contribution in [0.1, 0.15) is 31.5 Å². The van der Waals surface area contributed by atoms with Gasteiger partial charge in [0.25, 0.3) is 0 Å². The normalized spacial score (nSPS) is 9.55. The van der Waals surface area contributed by atoms with Crippen molar-refractivity contribution >= 4 is 6.15 Å². The molecular formula is C16H20N2O2. The van der Waals surface area contributed by atoms with Crippen molar-refractivity contribution in [2.45, 2.75) is 40.2 Å². The zero-order valence-electron chi connectivity index (χ0n) is 12.2. The molecule has 1 aromatic heterocycles. The maximum Gasteiger partial charge on any atom is 0.373 e. The summed E-state index contributed by atoms with van der Waals surface area (Å²) in [6.07, 6.45) is 2.42. The Morgan fingerprint density at radius 1 is 1.20 bits per heavy atom. The summed E-state index contributed by atoms with van der Waals surface area (Å²) in [6.45, 7) is 7.52. The van der Waals surface area contributed by atoms with E-state index in [1.165, 1.54) is 16.8 Å². The van der Waals surface area contributed by atoms with Crippen LogP contribution in [-0.2, 0) is 22.6 Å². The van der Waals surface area contributed by atoms with Crippen molar-refractivity contribution in [3.63, 3.8) is 0 Å². The molecule has 0 radical (unpaired) electrons. The molecule has 4 nitrogen and oxygen atoms in total. The zero-order chi connectivity index (χ0) is 15.0. The fourth-order valence-corrected chi connectivity index (χ4v) is 2.14.